The van der Waals surface area contributed by atoms with Crippen molar-refractivity contribution in [2.45, 2.75) is 30.0 Å². The number of aryl methyl sites for hydroxylation is 1. The summed E-state index contributed by atoms with van der Waals surface area (Å²) in [4.78, 5) is 37.8. The first-order valence-corrected chi connectivity index (χ1v) is 11.1. The number of amidine groups is 1. The fourth-order valence-electron chi connectivity index (χ4n) is 3.61. The predicted molar refractivity (Wildman–Crippen MR) is 119 cm³/mol. The number of nitrogens with zero attached hydrogens (tertiary/aromatic N) is 4. The molecular formula is C21H19N5O2S2. The van der Waals surface area contributed by atoms with Crippen LogP contribution < -0.4 is 5.32 Å². The number of carbonyl (C=O) groups is 2. The first-order chi connectivity index (χ1) is 14.5. The summed E-state index contributed by atoms with van der Waals surface area (Å²) in [5.41, 5.74) is 3.19. The maximum absolute atomic E-state index is 12.7. The van der Waals surface area contributed by atoms with Gasteiger partial charge < -0.3 is 9.80 Å². The maximum atomic E-state index is 12.7. The summed E-state index contributed by atoms with van der Waals surface area (Å²) in [6.45, 7) is 2.56. The van der Waals surface area contributed by atoms with Crippen LogP contribution in [0.2, 0.25) is 0 Å². The Labute approximate surface area is 181 Å². The molecule has 0 saturated carbocycles. The quantitative estimate of drug-likeness (QED) is 0.679. The molecule has 9 heteroatoms. The highest BCUT2D eigenvalue weighted by Gasteiger charge is 2.48. The van der Waals surface area contributed by atoms with Gasteiger partial charge in [0.15, 0.2) is 21.7 Å². The van der Waals surface area contributed by atoms with E-state index in [1.54, 1.807) is 18.4 Å². The number of aromatic nitrogens is 1. The van der Waals surface area contributed by atoms with E-state index < -0.39 is 18.2 Å². The van der Waals surface area contributed by atoms with Gasteiger partial charge in [-0.3, -0.25) is 10.1 Å². The molecule has 1 N–H and O–H groups in total. The number of para-hydroxylation sites is 1. The molecule has 3 amide bonds. The van der Waals surface area contributed by atoms with Gasteiger partial charge in [-0.2, -0.15) is 0 Å². The van der Waals surface area contributed by atoms with Crippen molar-refractivity contribution in [1.29, 1.82) is 0 Å². The van der Waals surface area contributed by atoms with Gasteiger partial charge in [-0.05, 0) is 36.4 Å². The van der Waals surface area contributed by atoms with Crippen molar-refractivity contribution in [1.82, 2.24) is 20.1 Å². The van der Waals surface area contributed by atoms with Crippen LogP contribution >= 0.6 is 23.1 Å². The molecule has 3 heterocycles. The van der Waals surface area contributed by atoms with Crippen LogP contribution in [0, 0.1) is 6.92 Å². The largest absolute Gasteiger partial charge is 0.331 e. The minimum Gasteiger partial charge on any atom is -0.331 e. The second-order valence-electron chi connectivity index (χ2n) is 7.34. The number of benzene rings is 2. The molecule has 152 valence electrons. The molecule has 5 rings (SSSR count). The number of thiazole rings is 1. The summed E-state index contributed by atoms with van der Waals surface area (Å²) < 4.78 is 1.96. The number of rotatable bonds is 3. The van der Waals surface area contributed by atoms with Crippen molar-refractivity contribution in [3.8, 4) is 0 Å². The van der Waals surface area contributed by atoms with Crippen molar-refractivity contribution < 1.29 is 9.59 Å². The number of thioether (sulfide) groups is 1. The van der Waals surface area contributed by atoms with E-state index in [1.807, 2.05) is 36.1 Å². The average molecular weight is 438 g/mol. The molecule has 2 aromatic carbocycles. The summed E-state index contributed by atoms with van der Waals surface area (Å²) in [6.07, 6.45) is -0.548. The monoisotopic (exact) mass is 437 g/mol. The van der Waals surface area contributed by atoms with Gasteiger partial charge in [0, 0.05) is 13.6 Å². The Balaban J connectivity index is 1.50. The van der Waals surface area contributed by atoms with Crippen LogP contribution in [-0.4, -0.2) is 51.1 Å². The molecule has 2 atom stereocenters. The highest BCUT2D eigenvalue weighted by molar-refractivity contribution is 8.15. The minimum absolute atomic E-state index is 0.320. The van der Waals surface area contributed by atoms with E-state index in [1.165, 1.54) is 22.2 Å². The summed E-state index contributed by atoms with van der Waals surface area (Å²) in [5.74, 6) is -0.320. The highest BCUT2D eigenvalue weighted by atomic mass is 32.2. The van der Waals surface area contributed by atoms with Gasteiger partial charge in [-0.25, -0.2) is 14.8 Å². The van der Waals surface area contributed by atoms with Crippen LogP contribution in [0.5, 0.6) is 0 Å². The molecule has 2 unspecified atom stereocenters. The van der Waals surface area contributed by atoms with E-state index in [0.29, 0.717) is 11.7 Å². The molecule has 1 saturated heterocycles. The maximum Gasteiger partial charge on any atom is 0.325 e. The molecule has 2 aliphatic rings. The first kappa shape index (κ1) is 19.1. The van der Waals surface area contributed by atoms with E-state index in [4.69, 9.17) is 9.98 Å². The Kier molecular flexibility index (Phi) is 4.71. The molecule has 1 aromatic heterocycles. The number of hydrogen-bond acceptors (Lipinski definition) is 7. The zero-order valence-electron chi connectivity index (χ0n) is 16.4. The summed E-state index contributed by atoms with van der Waals surface area (Å²) in [6, 6.07) is 15.2. The third kappa shape index (κ3) is 3.33. The number of nitrogens with one attached hydrogen (secondary N) is 1. The lowest BCUT2D eigenvalue weighted by Crippen LogP contribution is -2.63. The fraction of sp³-hybridized carbons (Fsp3) is 0.238. The Morgan fingerprint density at radius 1 is 1.13 bits per heavy atom. The van der Waals surface area contributed by atoms with Crippen LogP contribution in [-0.2, 0) is 11.3 Å². The number of carbonyl (C=O) groups excluding carboxylic acids is 2. The molecule has 0 bridgehead atoms. The van der Waals surface area contributed by atoms with Crippen LogP contribution in [0.4, 0.5) is 4.79 Å². The third-order valence-corrected chi connectivity index (χ3v) is 7.37. The van der Waals surface area contributed by atoms with E-state index in [9.17, 15) is 9.59 Å². The summed E-state index contributed by atoms with van der Waals surface area (Å²) >= 11 is 3.04. The molecule has 0 spiro atoms. The van der Waals surface area contributed by atoms with E-state index in [0.717, 1.165) is 20.1 Å². The number of hydrogen-bond donors (Lipinski definition) is 1. The number of urea groups is 1. The molecule has 0 radical (unpaired) electrons. The molecule has 7 nitrogen and oxygen atoms in total. The van der Waals surface area contributed by atoms with E-state index in [-0.39, 0.29) is 5.91 Å². The van der Waals surface area contributed by atoms with Crippen LogP contribution in [0.25, 0.3) is 10.2 Å². The van der Waals surface area contributed by atoms with Gasteiger partial charge in [0.05, 0.1) is 10.2 Å². The van der Waals surface area contributed by atoms with Crippen LogP contribution in [0.15, 0.2) is 57.9 Å². The van der Waals surface area contributed by atoms with Crippen molar-refractivity contribution in [3.05, 3.63) is 59.7 Å². The molecule has 0 aliphatic carbocycles. The molecular weight excluding hydrogens is 418 g/mol. The van der Waals surface area contributed by atoms with Crippen LogP contribution in [0.3, 0.4) is 0 Å². The first-order valence-electron chi connectivity index (χ1n) is 9.51. The molecule has 30 heavy (non-hydrogen) atoms. The smallest absolute Gasteiger partial charge is 0.325 e. The fourth-order valence-corrected chi connectivity index (χ4v) is 5.73. The molecule has 3 aromatic rings. The number of likely N-dealkylation sites (N-methyl/N-ethyl adjacent to an activating group) is 1. The highest BCUT2D eigenvalue weighted by Crippen LogP contribution is 2.36. The van der Waals surface area contributed by atoms with Gasteiger partial charge in [0.1, 0.15) is 0 Å². The lowest BCUT2D eigenvalue weighted by molar-refractivity contribution is -0.127. The van der Waals surface area contributed by atoms with Gasteiger partial charge >= 0.3 is 6.03 Å². The number of fused-ring (bicyclic) bond motifs is 2. The Bertz CT molecular complexity index is 1140. The SMILES string of the molecule is Cc1ccc(CN2C(Sc3nc4ccccc4s3)=NC3C2C(=O)NC(=O)N3C)cc1. The molecule has 2 aliphatic heterocycles. The van der Waals surface area contributed by atoms with Gasteiger partial charge in [0.2, 0.25) is 0 Å². The Hall–Kier alpha value is -2.91. The van der Waals surface area contributed by atoms with E-state index in [2.05, 4.69) is 29.6 Å². The number of imide groups is 1. The van der Waals surface area contributed by atoms with Crippen molar-refractivity contribution >= 4 is 50.4 Å². The van der Waals surface area contributed by atoms with Crippen molar-refractivity contribution in [3.63, 3.8) is 0 Å². The lowest BCUT2D eigenvalue weighted by atomic mass is 10.1. The lowest BCUT2D eigenvalue weighted by Gasteiger charge is -2.36. The minimum atomic E-state index is -0.564. The predicted octanol–water partition coefficient (Wildman–Crippen LogP) is 3.44. The second-order valence-corrected chi connectivity index (χ2v) is 9.58. The topological polar surface area (TPSA) is 77.9 Å². The van der Waals surface area contributed by atoms with Gasteiger partial charge in [-0.1, -0.05) is 42.0 Å². The number of aliphatic imine (C=N–C) groups is 1. The van der Waals surface area contributed by atoms with Gasteiger partial charge in [-0.15, -0.1) is 11.3 Å². The van der Waals surface area contributed by atoms with Crippen LogP contribution in [0.1, 0.15) is 11.1 Å². The summed E-state index contributed by atoms with van der Waals surface area (Å²) in [7, 11) is 1.66. The van der Waals surface area contributed by atoms with Crippen molar-refractivity contribution in [2.24, 2.45) is 4.99 Å². The average Bonchev–Trinajstić information content (AvgIpc) is 3.29. The normalized spacial score (nSPS) is 21.1. The number of amides is 3. The zero-order valence-corrected chi connectivity index (χ0v) is 18.0. The standard InChI is InChI=1S/C21H19N5O2S2/c1-12-7-9-13(10-8-12)11-26-16-17(25(2)19(28)24-18(16)27)23-20(26)30-21-22-14-5-3-4-6-15(14)29-21/h3-10,16-17H,11H2,1-2H3,(H,24,27,28). The summed E-state index contributed by atoms with van der Waals surface area (Å²) in [5, 5.41) is 3.14. The zero-order chi connectivity index (χ0) is 20.8. The molecule has 1 fully saturated rings. The van der Waals surface area contributed by atoms with Crippen molar-refractivity contribution in [2.75, 3.05) is 7.05 Å². The van der Waals surface area contributed by atoms with E-state index >= 15 is 0 Å². The Morgan fingerprint density at radius 3 is 2.67 bits per heavy atom. The Morgan fingerprint density at radius 2 is 1.90 bits per heavy atom. The second kappa shape index (κ2) is 7.41. The van der Waals surface area contributed by atoms with Gasteiger partial charge in [0.25, 0.3) is 5.91 Å². The third-order valence-electron chi connectivity index (χ3n) is 5.25.